The van der Waals surface area contributed by atoms with Crippen molar-refractivity contribution in [1.82, 2.24) is 0 Å². The van der Waals surface area contributed by atoms with Gasteiger partial charge in [-0.3, -0.25) is 20.2 Å². The monoisotopic (exact) mass is 310 g/mol. The number of nitro benzene ring substituents is 2. The standard InChI is InChI=1S/2C6H5NO2S/c2*8-7(9)5-1-3-6(10)4-2-5/h2*1-4,10H. The van der Waals surface area contributed by atoms with E-state index in [0.717, 1.165) is 9.79 Å². The summed E-state index contributed by atoms with van der Waals surface area (Å²) in [5.74, 6) is 0. The van der Waals surface area contributed by atoms with E-state index < -0.39 is 9.85 Å². The molecule has 0 aliphatic carbocycles. The van der Waals surface area contributed by atoms with Crippen molar-refractivity contribution in [3.63, 3.8) is 0 Å². The molecule has 0 bridgehead atoms. The van der Waals surface area contributed by atoms with Crippen molar-refractivity contribution >= 4 is 36.6 Å². The number of nitrogens with zero attached hydrogens (tertiary/aromatic N) is 2. The second kappa shape index (κ2) is 7.51. The molecule has 2 rings (SSSR count). The van der Waals surface area contributed by atoms with Crippen LogP contribution in [0.3, 0.4) is 0 Å². The van der Waals surface area contributed by atoms with Crippen molar-refractivity contribution in [2.45, 2.75) is 9.79 Å². The third-order valence-electron chi connectivity index (χ3n) is 2.12. The molecule has 2 aromatic rings. The Bertz CT molecular complexity index is 544. The molecule has 104 valence electrons. The van der Waals surface area contributed by atoms with Crippen molar-refractivity contribution < 1.29 is 9.85 Å². The van der Waals surface area contributed by atoms with E-state index in [1.54, 1.807) is 24.3 Å². The molecule has 0 aliphatic heterocycles. The van der Waals surface area contributed by atoms with Crippen LogP contribution in [0.15, 0.2) is 58.3 Å². The minimum atomic E-state index is -0.437. The summed E-state index contributed by atoms with van der Waals surface area (Å²) >= 11 is 7.95. The topological polar surface area (TPSA) is 86.3 Å². The van der Waals surface area contributed by atoms with Gasteiger partial charge in [-0.2, -0.15) is 0 Å². The zero-order chi connectivity index (χ0) is 15.1. The van der Waals surface area contributed by atoms with Crippen LogP contribution in [0.5, 0.6) is 0 Å². The Kier molecular flexibility index (Phi) is 6.01. The molecular weight excluding hydrogens is 300 g/mol. The molecule has 0 fully saturated rings. The quantitative estimate of drug-likeness (QED) is 0.502. The van der Waals surface area contributed by atoms with E-state index in [1.165, 1.54) is 24.3 Å². The molecule has 0 saturated heterocycles. The SMILES string of the molecule is O=[N+]([O-])c1ccc(S)cc1.O=[N+]([O-])c1ccc(S)cc1. The van der Waals surface area contributed by atoms with E-state index in [2.05, 4.69) is 25.3 Å². The number of benzene rings is 2. The molecule has 0 heterocycles. The zero-order valence-electron chi connectivity index (χ0n) is 10.0. The van der Waals surface area contributed by atoms with Crippen LogP contribution in [0.2, 0.25) is 0 Å². The maximum absolute atomic E-state index is 10.1. The fourth-order valence-electron chi connectivity index (χ4n) is 1.15. The van der Waals surface area contributed by atoms with Crippen LogP contribution in [-0.4, -0.2) is 9.85 Å². The lowest BCUT2D eigenvalue weighted by Crippen LogP contribution is -1.85. The largest absolute Gasteiger partial charge is 0.269 e. The Hall–Kier alpha value is -2.06. The van der Waals surface area contributed by atoms with Crippen molar-refractivity contribution in [3.05, 3.63) is 68.8 Å². The molecule has 0 radical (unpaired) electrons. The highest BCUT2D eigenvalue weighted by Gasteiger charge is 2.01. The van der Waals surface area contributed by atoms with Gasteiger partial charge in [0, 0.05) is 34.1 Å². The van der Waals surface area contributed by atoms with Crippen LogP contribution in [0.25, 0.3) is 0 Å². The lowest BCUT2D eigenvalue weighted by Gasteiger charge is -1.89. The van der Waals surface area contributed by atoms with Gasteiger partial charge in [0.25, 0.3) is 11.4 Å². The van der Waals surface area contributed by atoms with Gasteiger partial charge in [-0.15, -0.1) is 25.3 Å². The predicted molar refractivity (Wildman–Crippen MR) is 80.7 cm³/mol. The first kappa shape index (κ1) is 16.0. The molecule has 0 atom stereocenters. The Morgan fingerprint density at radius 3 is 1.10 bits per heavy atom. The van der Waals surface area contributed by atoms with E-state index in [9.17, 15) is 20.2 Å². The van der Waals surface area contributed by atoms with Crippen LogP contribution in [0.4, 0.5) is 11.4 Å². The summed E-state index contributed by atoms with van der Waals surface area (Å²) in [5.41, 5.74) is 0.190. The summed E-state index contributed by atoms with van der Waals surface area (Å²) in [6.45, 7) is 0. The van der Waals surface area contributed by atoms with Crippen LogP contribution < -0.4 is 0 Å². The van der Waals surface area contributed by atoms with Crippen LogP contribution in [0, 0.1) is 20.2 Å². The Labute approximate surface area is 125 Å². The van der Waals surface area contributed by atoms with E-state index in [1.807, 2.05) is 0 Å². The lowest BCUT2D eigenvalue weighted by molar-refractivity contribution is -0.385. The smallest absolute Gasteiger partial charge is 0.258 e. The minimum absolute atomic E-state index is 0.0952. The average molecular weight is 310 g/mol. The second-order valence-electron chi connectivity index (χ2n) is 3.55. The molecule has 0 amide bonds. The molecule has 0 spiro atoms. The lowest BCUT2D eigenvalue weighted by atomic mass is 10.3. The van der Waals surface area contributed by atoms with E-state index in [0.29, 0.717) is 0 Å². The van der Waals surface area contributed by atoms with Gasteiger partial charge in [-0.1, -0.05) is 0 Å². The molecule has 0 saturated carbocycles. The number of nitro groups is 2. The fraction of sp³-hybridized carbons (Fsp3) is 0. The summed E-state index contributed by atoms with van der Waals surface area (Å²) in [7, 11) is 0. The van der Waals surface area contributed by atoms with Gasteiger partial charge in [-0.05, 0) is 24.3 Å². The third-order valence-corrected chi connectivity index (χ3v) is 2.72. The maximum Gasteiger partial charge on any atom is 0.269 e. The van der Waals surface area contributed by atoms with Gasteiger partial charge in [0.2, 0.25) is 0 Å². The van der Waals surface area contributed by atoms with Crippen molar-refractivity contribution in [2.75, 3.05) is 0 Å². The van der Waals surface area contributed by atoms with Crippen molar-refractivity contribution in [1.29, 1.82) is 0 Å². The highest BCUT2D eigenvalue weighted by Crippen LogP contribution is 2.14. The maximum atomic E-state index is 10.1. The van der Waals surface area contributed by atoms with Crippen LogP contribution in [0.1, 0.15) is 0 Å². The molecule has 6 nitrogen and oxygen atoms in total. The van der Waals surface area contributed by atoms with Crippen LogP contribution in [-0.2, 0) is 0 Å². The normalized spacial score (nSPS) is 9.30. The molecule has 20 heavy (non-hydrogen) atoms. The summed E-state index contributed by atoms with van der Waals surface area (Å²) in [6, 6.07) is 12.0. The van der Waals surface area contributed by atoms with Gasteiger partial charge in [-0.25, -0.2) is 0 Å². The average Bonchev–Trinajstić information content (AvgIpc) is 2.40. The molecule has 0 aromatic heterocycles. The van der Waals surface area contributed by atoms with Gasteiger partial charge in [0.1, 0.15) is 0 Å². The first-order valence-electron chi connectivity index (χ1n) is 5.27. The summed E-state index contributed by atoms with van der Waals surface area (Å²) in [6.07, 6.45) is 0. The zero-order valence-corrected chi connectivity index (χ0v) is 11.8. The van der Waals surface area contributed by atoms with Crippen LogP contribution >= 0.6 is 25.3 Å². The van der Waals surface area contributed by atoms with Gasteiger partial charge in [0.05, 0.1) is 9.85 Å². The van der Waals surface area contributed by atoms with Crippen molar-refractivity contribution in [3.8, 4) is 0 Å². The number of non-ortho nitro benzene ring substituents is 2. The minimum Gasteiger partial charge on any atom is -0.258 e. The molecule has 0 aliphatic rings. The molecular formula is C12H10N2O4S2. The molecule has 2 aromatic carbocycles. The van der Waals surface area contributed by atoms with E-state index in [-0.39, 0.29) is 11.4 Å². The van der Waals surface area contributed by atoms with E-state index in [4.69, 9.17) is 0 Å². The fourth-order valence-corrected chi connectivity index (χ4v) is 1.45. The number of rotatable bonds is 2. The molecule has 8 heteroatoms. The second-order valence-corrected chi connectivity index (χ2v) is 4.58. The number of hydrogen-bond acceptors (Lipinski definition) is 6. The first-order chi connectivity index (χ1) is 9.40. The van der Waals surface area contributed by atoms with E-state index >= 15 is 0 Å². The number of thiol groups is 2. The first-order valence-corrected chi connectivity index (χ1v) is 6.16. The Morgan fingerprint density at radius 1 is 0.650 bits per heavy atom. The highest BCUT2D eigenvalue weighted by molar-refractivity contribution is 7.80. The molecule has 0 unspecified atom stereocenters. The van der Waals surface area contributed by atoms with Gasteiger partial charge in [0.15, 0.2) is 0 Å². The van der Waals surface area contributed by atoms with Gasteiger partial charge < -0.3 is 0 Å². The Morgan fingerprint density at radius 2 is 0.900 bits per heavy atom. The highest BCUT2D eigenvalue weighted by atomic mass is 32.1. The Balaban J connectivity index is 0.000000200. The molecule has 0 N–H and O–H groups in total. The third kappa shape index (κ3) is 5.29. The predicted octanol–water partition coefficient (Wildman–Crippen LogP) is 3.77. The summed E-state index contributed by atoms with van der Waals surface area (Å²) in [5, 5.41) is 20.2. The van der Waals surface area contributed by atoms with Crippen molar-refractivity contribution in [2.24, 2.45) is 0 Å². The summed E-state index contributed by atoms with van der Waals surface area (Å²) in [4.78, 5) is 20.8. The van der Waals surface area contributed by atoms with Gasteiger partial charge >= 0.3 is 0 Å². The summed E-state index contributed by atoms with van der Waals surface area (Å²) < 4.78 is 0. The number of hydrogen-bond donors (Lipinski definition) is 2.